The minimum atomic E-state index is -0.650. The number of fused-ring (bicyclic) bond motifs is 1. The maximum Gasteiger partial charge on any atom is 0.341 e. The van der Waals surface area contributed by atoms with Gasteiger partial charge in [-0.3, -0.25) is 0 Å². The number of ether oxygens (including phenoxy) is 2. The SMILES string of the molecule is O=C(OC1C=C2C=CC=C2O1)c1ccc(-c2ccccc2)cc1. The van der Waals surface area contributed by atoms with E-state index in [4.69, 9.17) is 9.47 Å². The van der Waals surface area contributed by atoms with Gasteiger partial charge >= 0.3 is 5.97 Å². The molecule has 0 N–H and O–H groups in total. The van der Waals surface area contributed by atoms with Crippen molar-refractivity contribution in [1.82, 2.24) is 0 Å². The molecule has 0 saturated heterocycles. The van der Waals surface area contributed by atoms with Gasteiger partial charge in [0, 0.05) is 11.6 Å². The Morgan fingerprint density at radius 1 is 0.957 bits per heavy atom. The fourth-order valence-corrected chi connectivity index (χ4v) is 2.63. The molecular formula is C20H14O3. The first-order valence-corrected chi connectivity index (χ1v) is 7.43. The third kappa shape index (κ3) is 2.69. The molecule has 23 heavy (non-hydrogen) atoms. The van der Waals surface area contributed by atoms with Gasteiger partial charge in [-0.1, -0.05) is 54.6 Å². The molecule has 0 fully saturated rings. The number of carbonyl (C=O) groups excluding carboxylic acids is 1. The summed E-state index contributed by atoms with van der Waals surface area (Å²) >= 11 is 0. The number of hydrogen-bond acceptors (Lipinski definition) is 3. The molecule has 1 heterocycles. The van der Waals surface area contributed by atoms with E-state index in [2.05, 4.69) is 0 Å². The van der Waals surface area contributed by atoms with Crippen LogP contribution in [0, 0.1) is 0 Å². The highest BCUT2D eigenvalue weighted by atomic mass is 16.7. The van der Waals surface area contributed by atoms with Crippen LogP contribution < -0.4 is 0 Å². The highest BCUT2D eigenvalue weighted by molar-refractivity contribution is 5.90. The van der Waals surface area contributed by atoms with Gasteiger partial charge in [-0.2, -0.15) is 0 Å². The number of rotatable bonds is 3. The molecule has 0 spiro atoms. The van der Waals surface area contributed by atoms with Crippen LogP contribution in [-0.2, 0) is 9.47 Å². The molecule has 4 rings (SSSR count). The molecule has 3 nitrogen and oxygen atoms in total. The van der Waals surface area contributed by atoms with Gasteiger partial charge in [0.2, 0.25) is 0 Å². The molecule has 0 aromatic heterocycles. The molecule has 2 aliphatic rings. The van der Waals surface area contributed by atoms with Crippen LogP contribution in [0.2, 0.25) is 0 Å². The topological polar surface area (TPSA) is 35.5 Å². The highest BCUT2D eigenvalue weighted by Crippen LogP contribution is 2.29. The van der Waals surface area contributed by atoms with Gasteiger partial charge < -0.3 is 9.47 Å². The zero-order valence-corrected chi connectivity index (χ0v) is 12.3. The average molecular weight is 302 g/mol. The first-order chi connectivity index (χ1) is 11.3. The first kappa shape index (κ1) is 13.6. The molecular weight excluding hydrogens is 288 g/mol. The molecule has 1 aliphatic carbocycles. The van der Waals surface area contributed by atoms with Gasteiger partial charge in [-0.15, -0.1) is 0 Å². The van der Waals surface area contributed by atoms with Gasteiger partial charge in [-0.05, 0) is 29.3 Å². The second kappa shape index (κ2) is 5.61. The zero-order valence-electron chi connectivity index (χ0n) is 12.3. The fraction of sp³-hybridized carbons (Fsp3) is 0.0500. The van der Waals surface area contributed by atoms with Gasteiger partial charge in [0.25, 0.3) is 6.29 Å². The Kier molecular flexibility index (Phi) is 3.31. The fourth-order valence-electron chi connectivity index (χ4n) is 2.63. The van der Waals surface area contributed by atoms with E-state index in [-0.39, 0.29) is 0 Å². The van der Waals surface area contributed by atoms with E-state index < -0.39 is 12.3 Å². The van der Waals surface area contributed by atoms with Gasteiger partial charge in [0.15, 0.2) is 0 Å². The molecule has 1 atom stereocenters. The molecule has 112 valence electrons. The molecule has 2 aromatic rings. The van der Waals surface area contributed by atoms with Gasteiger partial charge in [0.1, 0.15) is 5.76 Å². The Morgan fingerprint density at radius 2 is 1.70 bits per heavy atom. The third-order valence-electron chi connectivity index (χ3n) is 3.82. The van der Waals surface area contributed by atoms with E-state index in [1.54, 1.807) is 18.2 Å². The summed E-state index contributed by atoms with van der Waals surface area (Å²) in [6.45, 7) is 0. The third-order valence-corrected chi connectivity index (χ3v) is 3.82. The minimum Gasteiger partial charge on any atom is -0.450 e. The van der Waals surface area contributed by atoms with Crippen LogP contribution >= 0.6 is 0 Å². The molecule has 0 radical (unpaired) electrons. The number of hydrogen-bond donors (Lipinski definition) is 0. The largest absolute Gasteiger partial charge is 0.450 e. The van der Waals surface area contributed by atoms with Crippen molar-refractivity contribution in [3.63, 3.8) is 0 Å². The summed E-state index contributed by atoms with van der Waals surface area (Å²) in [5.74, 6) is 0.359. The van der Waals surface area contributed by atoms with Gasteiger partial charge in [-0.25, -0.2) is 4.79 Å². The average Bonchev–Trinajstić information content (AvgIpc) is 3.17. The van der Waals surface area contributed by atoms with E-state index >= 15 is 0 Å². The normalized spacial score (nSPS) is 18.0. The first-order valence-electron chi connectivity index (χ1n) is 7.43. The summed E-state index contributed by atoms with van der Waals surface area (Å²) in [5.41, 5.74) is 3.64. The van der Waals surface area contributed by atoms with E-state index in [1.165, 1.54) is 0 Å². The van der Waals surface area contributed by atoms with E-state index in [0.717, 1.165) is 22.5 Å². The molecule has 1 aliphatic heterocycles. The predicted molar refractivity (Wildman–Crippen MR) is 87.5 cm³/mol. The lowest BCUT2D eigenvalue weighted by atomic mass is 10.0. The Bertz CT molecular complexity index is 827. The van der Waals surface area contributed by atoms with Crippen molar-refractivity contribution in [3.8, 4) is 11.1 Å². The highest BCUT2D eigenvalue weighted by Gasteiger charge is 2.25. The Labute approximate surface area is 134 Å². The number of benzene rings is 2. The summed E-state index contributed by atoms with van der Waals surface area (Å²) in [6.07, 6.45) is 6.83. The Morgan fingerprint density at radius 3 is 2.43 bits per heavy atom. The molecule has 2 aromatic carbocycles. The Balaban J connectivity index is 1.46. The number of carbonyl (C=O) groups is 1. The lowest BCUT2D eigenvalue weighted by Gasteiger charge is -2.11. The van der Waals surface area contributed by atoms with Gasteiger partial charge in [0.05, 0.1) is 5.56 Å². The van der Waals surface area contributed by atoms with Crippen molar-refractivity contribution in [1.29, 1.82) is 0 Å². The summed E-state index contributed by atoms with van der Waals surface area (Å²) in [4.78, 5) is 12.2. The molecule has 3 heteroatoms. The number of esters is 1. The number of allylic oxidation sites excluding steroid dienone is 3. The van der Waals surface area contributed by atoms with Crippen LogP contribution in [0.5, 0.6) is 0 Å². The van der Waals surface area contributed by atoms with Crippen molar-refractivity contribution in [2.75, 3.05) is 0 Å². The summed E-state index contributed by atoms with van der Waals surface area (Å²) in [7, 11) is 0. The molecule has 0 bridgehead atoms. The molecule has 0 amide bonds. The summed E-state index contributed by atoms with van der Waals surface area (Å²) in [5, 5.41) is 0. The van der Waals surface area contributed by atoms with Crippen molar-refractivity contribution < 1.29 is 14.3 Å². The maximum atomic E-state index is 12.2. The lowest BCUT2D eigenvalue weighted by molar-refractivity contribution is -0.0421. The Hall–Kier alpha value is -3.07. The van der Waals surface area contributed by atoms with Crippen LogP contribution in [-0.4, -0.2) is 12.3 Å². The quantitative estimate of drug-likeness (QED) is 0.795. The van der Waals surface area contributed by atoms with Crippen LogP contribution in [0.4, 0.5) is 0 Å². The van der Waals surface area contributed by atoms with Crippen LogP contribution in [0.1, 0.15) is 10.4 Å². The minimum absolute atomic E-state index is 0.393. The van der Waals surface area contributed by atoms with Crippen LogP contribution in [0.3, 0.4) is 0 Å². The standard InChI is InChI=1S/C20H14O3/c21-20(23-19-13-17-7-4-8-18(17)22-19)16-11-9-15(10-12-16)14-5-2-1-3-6-14/h1-13,19H. The van der Waals surface area contributed by atoms with Crippen molar-refractivity contribution in [3.05, 3.63) is 95.8 Å². The monoisotopic (exact) mass is 302 g/mol. The second-order valence-electron chi connectivity index (χ2n) is 5.35. The summed E-state index contributed by atoms with van der Waals surface area (Å²) in [6, 6.07) is 17.4. The van der Waals surface area contributed by atoms with Crippen molar-refractivity contribution >= 4 is 5.97 Å². The summed E-state index contributed by atoms with van der Waals surface area (Å²) < 4.78 is 10.9. The predicted octanol–water partition coefficient (Wildman–Crippen LogP) is 4.25. The smallest absolute Gasteiger partial charge is 0.341 e. The zero-order chi connectivity index (χ0) is 15.6. The van der Waals surface area contributed by atoms with Crippen LogP contribution in [0.15, 0.2) is 90.2 Å². The molecule has 1 unspecified atom stereocenters. The van der Waals surface area contributed by atoms with Crippen molar-refractivity contribution in [2.24, 2.45) is 0 Å². The maximum absolute atomic E-state index is 12.2. The van der Waals surface area contributed by atoms with E-state index in [9.17, 15) is 4.79 Å². The molecule has 0 saturated carbocycles. The second-order valence-corrected chi connectivity index (χ2v) is 5.35. The van der Waals surface area contributed by atoms with E-state index in [1.807, 2.05) is 60.7 Å². The van der Waals surface area contributed by atoms with Crippen LogP contribution in [0.25, 0.3) is 11.1 Å². The lowest BCUT2D eigenvalue weighted by Crippen LogP contribution is -2.16. The van der Waals surface area contributed by atoms with Crippen molar-refractivity contribution in [2.45, 2.75) is 6.29 Å². The van der Waals surface area contributed by atoms with E-state index in [0.29, 0.717) is 5.56 Å².